The Bertz CT molecular complexity index is 442. The lowest BCUT2D eigenvalue weighted by atomic mass is 10.1. The van der Waals surface area contributed by atoms with E-state index in [2.05, 4.69) is 52.0 Å². The van der Waals surface area contributed by atoms with E-state index in [4.69, 9.17) is 0 Å². The van der Waals surface area contributed by atoms with Crippen LogP contribution in [0.5, 0.6) is 0 Å². The Balaban J connectivity index is 1.81. The van der Waals surface area contributed by atoms with Gasteiger partial charge in [0.1, 0.15) is 0 Å². The molecule has 0 atom stereocenters. The number of carbonyl (C=O) groups excluding carboxylic acids is 1. The van der Waals surface area contributed by atoms with Crippen LogP contribution in [0.15, 0.2) is 24.3 Å². The quantitative estimate of drug-likeness (QED) is 0.608. The average Bonchev–Trinajstić information content (AvgIpc) is 2.47. The second-order valence-electron chi connectivity index (χ2n) is 5.35. The van der Waals surface area contributed by atoms with Crippen molar-refractivity contribution in [1.82, 2.24) is 4.90 Å². The molecule has 0 spiro atoms. The van der Waals surface area contributed by atoms with Crippen molar-refractivity contribution in [1.29, 1.82) is 0 Å². The Morgan fingerprint density at radius 3 is 2.60 bits per heavy atom. The Kier molecular flexibility index (Phi) is 5.89. The number of unbranched alkanes of at least 4 members (excludes halogenated alkanes) is 1. The van der Waals surface area contributed by atoms with Crippen molar-refractivity contribution in [3.05, 3.63) is 29.8 Å². The first-order valence-electron chi connectivity index (χ1n) is 7.36. The number of anilines is 1. The van der Waals surface area contributed by atoms with Crippen molar-refractivity contribution >= 4 is 27.5 Å². The number of benzene rings is 1. The van der Waals surface area contributed by atoms with E-state index in [1.807, 2.05) is 4.90 Å². The number of piperazine rings is 1. The number of nitrogens with zero attached hydrogens (tertiary/aromatic N) is 2. The first-order chi connectivity index (χ1) is 9.70. The fourth-order valence-electron chi connectivity index (χ4n) is 2.57. The van der Waals surface area contributed by atoms with Gasteiger partial charge in [-0.1, -0.05) is 28.1 Å². The molecule has 0 unspecified atom stereocenters. The van der Waals surface area contributed by atoms with Crippen LogP contribution in [0, 0.1) is 6.92 Å². The van der Waals surface area contributed by atoms with Gasteiger partial charge in [0.2, 0.25) is 5.91 Å². The maximum absolute atomic E-state index is 12.1. The molecule has 0 aliphatic carbocycles. The van der Waals surface area contributed by atoms with E-state index in [-0.39, 0.29) is 0 Å². The molecule has 1 aromatic carbocycles. The number of alkyl halides is 1. The predicted octanol–water partition coefficient (Wildman–Crippen LogP) is 3.21. The maximum Gasteiger partial charge on any atom is 0.222 e. The van der Waals surface area contributed by atoms with Crippen molar-refractivity contribution in [2.24, 2.45) is 0 Å². The highest BCUT2D eigenvalue weighted by molar-refractivity contribution is 9.09. The summed E-state index contributed by atoms with van der Waals surface area (Å²) in [6.07, 6.45) is 2.76. The van der Waals surface area contributed by atoms with Gasteiger partial charge in [0.05, 0.1) is 0 Å². The van der Waals surface area contributed by atoms with Crippen molar-refractivity contribution in [3.63, 3.8) is 0 Å². The zero-order valence-electron chi connectivity index (χ0n) is 12.1. The fourth-order valence-corrected chi connectivity index (χ4v) is 2.96. The summed E-state index contributed by atoms with van der Waals surface area (Å²) >= 11 is 3.40. The number of halogens is 1. The first-order valence-corrected chi connectivity index (χ1v) is 8.48. The zero-order valence-corrected chi connectivity index (χ0v) is 13.7. The van der Waals surface area contributed by atoms with Gasteiger partial charge in [0.25, 0.3) is 0 Å². The Morgan fingerprint density at radius 1 is 1.20 bits per heavy atom. The van der Waals surface area contributed by atoms with Gasteiger partial charge in [-0.25, -0.2) is 0 Å². The minimum Gasteiger partial charge on any atom is -0.368 e. The van der Waals surface area contributed by atoms with Crippen molar-refractivity contribution < 1.29 is 4.79 Å². The van der Waals surface area contributed by atoms with Gasteiger partial charge in [0.15, 0.2) is 0 Å². The molecule has 0 saturated carbocycles. The number of hydrogen-bond acceptors (Lipinski definition) is 2. The Hall–Kier alpha value is -1.03. The van der Waals surface area contributed by atoms with Crippen LogP contribution in [0.3, 0.4) is 0 Å². The lowest BCUT2D eigenvalue weighted by molar-refractivity contribution is -0.131. The summed E-state index contributed by atoms with van der Waals surface area (Å²) in [4.78, 5) is 16.4. The molecule has 0 N–H and O–H groups in total. The lowest BCUT2D eigenvalue weighted by Crippen LogP contribution is -2.48. The molecular weight excluding hydrogens is 316 g/mol. The molecule has 1 saturated heterocycles. The van der Waals surface area contributed by atoms with Gasteiger partial charge in [-0.15, -0.1) is 0 Å². The third-order valence-electron chi connectivity index (χ3n) is 3.77. The molecule has 1 fully saturated rings. The summed E-state index contributed by atoms with van der Waals surface area (Å²) in [6.45, 7) is 5.69. The van der Waals surface area contributed by atoms with Crippen LogP contribution in [-0.4, -0.2) is 42.3 Å². The van der Waals surface area contributed by atoms with Crippen molar-refractivity contribution in [2.45, 2.75) is 26.2 Å². The Morgan fingerprint density at radius 2 is 1.95 bits per heavy atom. The summed E-state index contributed by atoms with van der Waals surface area (Å²) in [5, 5.41) is 0.988. The third-order valence-corrected chi connectivity index (χ3v) is 4.33. The molecular formula is C16H23BrN2O. The maximum atomic E-state index is 12.1. The second kappa shape index (κ2) is 7.67. The number of aryl methyl sites for hydroxylation is 1. The van der Waals surface area contributed by atoms with E-state index in [0.29, 0.717) is 12.3 Å². The number of carbonyl (C=O) groups is 1. The molecule has 110 valence electrons. The minimum absolute atomic E-state index is 0.315. The number of amides is 1. The van der Waals surface area contributed by atoms with Gasteiger partial charge in [-0.2, -0.15) is 0 Å². The van der Waals surface area contributed by atoms with Gasteiger partial charge in [-0.05, 0) is 37.5 Å². The van der Waals surface area contributed by atoms with Crippen LogP contribution in [0.2, 0.25) is 0 Å². The lowest BCUT2D eigenvalue weighted by Gasteiger charge is -2.36. The number of rotatable bonds is 5. The van der Waals surface area contributed by atoms with Gasteiger partial charge in [0, 0.05) is 43.6 Å². The van der Waals surface area contributed by atoms with Crippen molar-refractivity contribution in [2.75, 3.05) is 36.4 Å². The molecule has 1 amide bonds. The molecule has 20 heavy (non-hydrogen) atoms. The van der Waals surface area contributed by atoms with Crippen molar-refractivity contribution in [3.8, 4) is 0 Å². The van der Waals surface area contributed by atoms with E-state index >= 15 is 0 Å². The molecule has 1 aromatic rings. The highest BCUT2D eigenvalue weighted by Crippen LogP contribution is 2.18. The van der Waals surface area contributed by atoms with E-state index in [1.54, 1.807) is 0 Å². The van der Waals surface area contributed by atoms with Crippen LogP contribution in [0.1, 0.15) is 24.8 Å². The van der Waals surface area contributed by atoms with Crippen LogP contribution in [0.4, 0.5) is 5.69 Å². The summed E-state index contributed by atoms with van der Waals surface area (Å²) in [5.41, 5.74) is 2.56. The molecule has 1 aliphatic heterocycles. The molecule has 3 nitrogen and oxygen atoms in total. The molecule has 0 radical (unpaired) electrons. The molecule has 4 heteroatoms. The highest BCUT2D eigenvalue weighted by Gasteiger charge is 2.20. The summed E-state index contributed by atoms with van der Waals surface area (Å²) in [7, 11) is 0. The van der Waals surface area contributed by atoms with E-state index in [1.165, 1.54) is 11.3 Å². The minimum atomic E-state index is 0.315. The standard InChI is InChI=1S/C16H23BrN2O/c1-14-5-4-6-15(13-14)18-9-11-19(12-10-18)16(20)7-2-3-8-17/h4-6,13H,2-3,7-12H2,1H3. The van der Waals surface area contributed by atoms with Crippen LogP contribution >= 0.6 is 15.9 Å². The van der Waals surface area contributed by atoms with E-state index < -0.39 is 0 Å². The molecule has 1 heterocycles. The second-order valence-corrected chi connectivity index (χ2v) is 6.15. The molecule has 1 aliphatic rings. The summed E-state index contributed by atoms with van der Waals surface area (Å²) in [6, 6.07) is 8.59. The molecule has 0 aromatic heterocycles. The predicted molar refractivity (Wildman–Crippen MR) is 87.6 cm³/mol. The van der Waals surface area contributed by atoms with Gasteiger partial charge < -0.3 is 9.80 Å². The summed E-state index contributed by atoms with van der Waals surface area (Å²) in [5.74, 6) is 0.315. The Labute approximate surface area is 130 Å². The van der Waals surface area contributed by atoms with E-state index in [9.17, 15) is 4.79 Å². The smallest absolute Gasteiger partial charge is 0.222 e. The first kappa shape index (κ1) is 15.4. The normalized spacial score (nSPS) is 15.5. The monoisotopic (exact) mass is 338 g/mol. The van der Waals surface area contributed by atoms with E-state index in [0.717, 1.165) is 44.4 Å². The van der Waals surface area contributed by atoms with Crippen LogP contribution in [0.25, 0.3) is 0 Å². The molecule has 2 rings (SSSR count). The third kappa shape index (κ3) is 4.23. The largest absolute Gasteiger partial charge is 0.368 e. The number of hydrogen-bond donors (Lipinski definition) is 0. The van der Waals surface area contributed by atoms with Gasteiger partial charge in [-0.3, -0.25) is 4.79 Å². The zero-order chi connectivity index (χ0) is 14.4. The van der Waals surface area contributed by atoms with Crippen LogP contribution in [-0.2, 0) is 4.79 Å². The highest BCUT2D eigenvalue weighted by atomic mass is 79.9. The SMILES string of the molecule is Cc1cccc(N2CCN(C(=O)CCCCBr)CC2)c1. The topological polar surface area (TPSA) is 23.6 Å². The summed E-state index contributed by atoms with van der Waals surface area (Å²) < 4.78 is 0. The van der Waals surface area contributed by atoms with Crippen LogP contribution < -0.4 is 4.90 Å². The van der Waals surface area contributed by atoms with Gasteiger partial charge >= 0.3 is 0 Å². The molecule has 0 bridgehead atoms. The average molecular weight is 339 g/mol. The fraction of sp³-hybridized carbons (Fsp3) is 0.562.